The lowest BCUT2D eigenvalue weighted by Gasteiger charge is -2.11. The molecule has 0 aliphatic carbocycles. The number of methoxy groups -OCH3 is 1. The molecule has 0 bridgehead atoms. The normalized spacial score (nSPS) is 11.0. The van der Waals surface area contributed by atoms with E-state index in [-0.39, 0.29) is 42.2 Å². The van der Waals surface area contributed by atoms with Crippen molar-refractivity contribution in [2.75, 3.05) is 12.4 Å². The number of nitrogens with zero attached hydrogens (tertiary/aromatic N) is 1. The largest absolute Gasteiger partial charge is 0.497 e. The van der Waals surface area contributed by atoms with Gasteiger partial charge in [-0.3, -0.25) is 0 Å². The second kappa shape index (κ2) is 10.8. The number of halogens is 3. The van der Waals surface area contributed by atoms with E-state index in [1.165, 1.54) is 18.7 Å². The average molecular weight is 477 g/mol. The van der Waals surface area contributed by atoms with Gasteiger partial charge in [0, 0.05) is 17.3 Å². The lowest BCUT2D eigenvalue weighted by Crippen LogP contribution is -2.22. The quantitative estimate of drug-likeness (QED) is 0.353. The summed E-state index contributed by atoms with van der Waals surface area (Å²) in [6.45, 7) is -0.758. The number of rotatable bonds is 7. The number of anilines is 1. The second-order valence-electron chi connectivity index (χ2n) is 5.23. The highest BCUT2D eigenvalue weighted by Gasteiger charge is 2.11. The molecule has 0 amide bonds. The number of aryl methyl sites for hydroxylation is 1. The van der Waals surface area contributed by atoms with Crippen LogP contribution in [-0.2, 0) is 13.0 Å². The lowest BCUT2D eigenvalue weighted by molar-refractivity contribution is -0.0505. The molecule has 8 heteroatoms. The molecule has 142 valence electrons. The van der Waals surface area contributed by atoms with Crippen molar-refractivity contribution in [3.8, 4) is 11.5 Å². The number of hydrogen-bond donors (Lipinski definition) is 2. The van der Waals surface area contributed by atoms with Crippen LogP contribution in [0.3, 0.4) is 0 Å². The maximum absolute atomic E-state index is 12.5. The van der Waals surface area contributed by atoms with Crippen molar-refractivity contribution < 1.29 is 18.3 Å². The highest BCUT2D eigenvalue weighted by molar-refractivity contribution is 14.0. The van der Waals surface area contributed by atoms with Gasteiger partial charge in [0.2, 0.25) is 0 Å². The molecule has 2 aromatic rings. The Hall–Kier alpha value is -2.10. The summed E-state index contributed by atoms with van der Waals surface area (Å²) >= 11 is 0. The van der Waals surface area contributed by atoms with E-state index in [4.69, 9.17) is 10.5 Å². The lowest BCUT2D eigenvalue weighted by atomic mass is 10.1. The van der Waals surface area contributed by atoms with Crippen LogP contribution in [0.25, 0.3) is 0 Å². The van der Waals surface area contributed by atoms with E-state index < -0.39 is 6.61 Å². The Bertz CT molecular complexity index is 725. The molecule has 0 saturated carbocycles. The number of nitrogens with one attached hydrogen (secondary N) is 1. The van der Waals surface area contributed by atoms with E-state index in [1.807, 2.05) is 24.3 Å². The Labute approximate surface area is 168 Å². The fourth-order valence-corrected chi connectivity index (χ4v) is 2.18. The molecule has 0 heterocycles. The number of nitrogens with two attached hydrogens (primary N) is 1. The third-order valence-electron chi connectivity index (χ3n) is 3.54. The molecule has 26 heavy (non-hydrogen) atoms. The van der Waals surface area contributed by atoms with Gasteiger partial charge in [0.15, 0.2) is 5.96 Å². The van der Waals surface area contributed by atoms with Gasteiger partial charge in [0.1, 0.15) is 11.5 Å². The van der Waals surface area contributed by atoms with Crippen LogP contribution in [0.4, 0.5) is 14.5 Å². The van der Waals surface area contributed by atoms with Crippen LogP contribution in [0.5, 0.6) is 11.5 Å². The average Bonchev–Trinajstić information content (AvgIpc) is 2.60. The van der Waals surface area contributed by atoms with Gasteiger partial charge in [0.05, 0.1) is 13.7 Å². The Morgan fingerprint density at radius 2 is 1.88 bits per heavy atom. The van der Waals surface area contributed by atoms with Crippen molar-refractivity contribution in [2.24, 2.45) is 10.7 Å². The minimum absolute atomic E-state index is 0. The molecular weight excluding hydrogens is 455 g/mol. The van der Waals surface area contributed by atoms with Crippen LogP contribution < -0.4 is 20.5 Å². The van der Waals surface area contributed by atoms with Gasteiger partial charge in [-0.2, -0.15) is 8.78 Å². The first kappa shape index (κ1) is 21.9. The summed E-state index contributed by atoms with van der Waals surface area (Å²) in [5.74, 6) is 0.617. The van der Waals surface area contributed by atoms with E-state index in [9.17, 15) is 8.78 Å². The molecule has 0 unspecified atom stereocenters. The first-order valence-corrected chi connectivity index (χ1v) is 7.79. The van der Waals surface area contributed by atoms with E-state index in [0.717, 1.165) is 12.1 Å². The third kappa shape index (κ3) is 6.66. The van der Waals surface area contributed by atoms with E-state index in [0.29, 0.717) is 11.3 Å². The molecule has 2 rings (SSSR count). The molecule has 0 aliphatic heterocycles. The minimum Gasteiger partial charge on any atom is -0.497 e. The Morgan fingerprint density at radius 3 is 2.46 bits per heavy atom. The second-order valence-corrected chi connectivity index (χ2v) is 5.23. The van der Waals surface area contributed by atoms with Crippen molar-refractivity contribution in [2.45, 2.75) is 26.5 Å². The molecule has 2 aromatic carbocycles. The standard InChI is InChI=1S/C18H21F2N3O2.HI/c1-3-12-4-7-14(8-5-12)23-18(21)22-11-13-6-9-15(24-2)10-16(13)25-17(19)20;/h4-10,17H,3,11H2,1-2H3,(H3,21,22,23);1H. The zero-order valence-corrected chi connectivity index (χ0v) is 16.9. The van der Waals surface area contributed by atoms with E-state index in [1.54, 1.807) is 12.1 Å². The molecule has 0 radical (unpaired) electrons. The Balaban J connectivity index is 0.00000338. The van der Waals surface area contributed by atoms with Crippen molar-refractivity contribution in [1.82, 2.24) is 0 Å². The van der Waals surface area contributed by atoms with Gasteiger partial charge in [-0.25, -0.2) is 4.99 Å². The highest BCUT2D eigenvalue weighted by atomic mass is 127. The van der Waals surface area contributed by atoms with Gasteiger partial charge >= 0.3 is 6.61 Å². The fourth-order valence-electron chi connectivity index (χ4n) is 2.18. The molecule has 0 aromatic heterocycles. The van der Waals surface area contributed by atoms with Crippen LogP contribution in [0.15, 0.2) is 47.5 Å². The van der Waals surface area contributed by atoms with Gasteiger partial charge in [-0.05, 0) is 36.2 Å². The number of guanidine groups is 1. The van der Waals surface area contributed by atoms with Gasteiger partial charge in [0.25, 0.3) is 0 Å². The SMILES string of the molecule is CCc1ccc(NC(N)=NCc2ccc(OC)cc2OC(F)F)cc1.I. The van der Waals surface area contributed by atoms with Gasteiger partial charge in [-0.15, -0.1) is 24.0 Å². The van der Waals surface area contributed by atoms with E-state index in [2.05, 4.69) is 22.0 Å². The first-order valence-electron chi connectivity index (χ1n) is 7.79. The van der Waals surface area contributed by atoms with Crippen LogP contribution in [0.1, 0.15) is 18.1 Å². The predicted octanol–water partition coefficient (Wildman–Crippen LogP) is 4.40. The zero-order chi connectivity index (χ0) is 18.2. The van der Waals surface area contributed by atoms with Gasteiger partial charge in [-0.1, -0.05) is 19.1 Å². The summed E-state index contributed by atoms with van der Waals surface area (Å²) in [5.41, 5.74) is 8.35. The summed E-state index contributed by atoms with van der Waals surface area (Å²) in [4.78, 5) is 4.17. The van der Waals surface area contributed by atoms with Crippen molar-refractivity contribution in [1.29, 1.82) is 0 Å². The topological polar surface area (TPSA) is 68.9 Å². The molecular formula is C18H22F2IN3O2. The summed E-state index contributed by atoms with van der Waals surface area (Å²) in [5, 5.41) is 2.96. The van der Waals surface area contributed by atoms with Crippen LogP contribution in [0, 0.1) is 0 Å². The smallest absolute Gasteiger partial charge is 0.387 e. The Morgan fingerprint density at radius 1 is 1.19 bits per heavy atom. The summed E-state index contributed by atoms with van der Waals surface area (Å²) in [6, 6.07) is 12.4. The fraction of sp³-hybridized carbons (Fsp3) is 0.278. The summed E-state index contributed by atoms with van der Waals surface area (Å²) in [7, 11) is 1.45. The third-order valence-corrected chi connectivity index (χ3v) is 3.54. The van der Waals surface area contributed by atoms with Crippen LogP contribution in [-0.4, -0.2) is 19.7 Å². The van der Waals surface area contributed by atoms with Gasteiger partial charge < -0.3 is 20.5 Å². The van der Waals surface area contributed by atoms with Crippen molar-refractivity contribution in [3.05, 3.63) is 53.6 Å². The molecule has 0 spiro atoms. The van der Waals surface area contributed by atoms with E-state index >= 15 is 0 Å². The number of alkyl halides is 2. The van der Waals surface area contributed by atoms with Crippen LogP contribution in [0.2, 0.25) is 0 Å². The number of benzene rings is 2. The molecule has 0 fully saturated rings. The van der Waals surface area contributed by atoms with Crippen LogP contribution >= 0.6 is 24.0 Å². The molecule has 3 N–H and O–H groups in total. The molecule has 0 saturated heterocycles. The Kier molecular flexibility index (Phi) is 9.11. The summed E-state index contributed by atoms with van der Waals surface area (Å²) in [6.07, 6.45) is 0.953. The first-order chi connectivity index (χ1) is 12.0. The maximum atomic E-state index is 12.5. The minimum atomic E-state index is -2.93. The van der Waals surface area contributed by atoms with Crippen molar-refractivity contribution in [3.63, 3.8) is 0 Å². The number of ether oxygens (including phenoxy) is 2. The number of hydrogen-bond acceptors (Lipinski definition) is 3. The molecule has 0 atom stereocenters. The monoisotopic (exact) mass is 477 g/mol. The zero-order valence-electron chi connectivity index (χ0n) is 14.5. The summed E-state index contributed by atoms with van der Waals surface area (Å²) < 4.78 is 34.6. The van der Waals surface area contributed by atoms with Crippen molar-refractivity contribution >= 4 is 35.6 Å². The maximum Gasteiger partial charge on any atom is 0.387 e. The number of aliphatic imine (C=N–C) groups is 1. The highest BCUT2D eigenvalue weighted by Crippen LogP contribution is 2.27. The molecule has 5 nitrogen and oxygen atoms in total. The predicted molar refractivity (Wildman–Crippen MR) is 110 cm³/mol. The molecule has 0 aliphatic rings.